The maximum atomic E-state index is 10.6. The summed E-state index contributed by atoms with van der Waals surface area (Å²) in [6.07, 6.45) is 20.6. The third-order valence-electron chi connectivity index (χ3n) is 5.52. The summed E-state index contributed by atoms with van der Waals surface area (Å²) < 4.78 is 32.8. The van der Waals surface area contributed by atoms with Crippen molar-refractivity contribution in [3.05, 3.63) is 0 Å². The van der Waals surface area contributed by atoms with Crippen LogP contribution in [0.4, 0.5) is 0 Å². The summed E-state index contributed by atoms with van der Waals surface area (Å²) in [7, 11) is 0.363. The normalized spacial score (nSPS) is 12.6. The molecule has 0 radical (unpaired) electrons. The molecule has 0 saturated carbocycles. The molecule has 0 aromatic rings. The number of rotatable bonds is 20. The highest BCUT2D eigenvalue weighted by atomic mass is 32.2. The number of unbranched alkanes of at least 4 members (excludes halogenated alkanes) is 14. The summed E-state index contributed by atoms with van der Waals surface area (Å²) in [5, 5.41) is 0. The Kier molecular flexibility index (Phi) is 16.7. The second-order valence-corrected chi connectivity index (χ2v) is 10.5. The number of hydrogen-bond donors (Lipinski definition) is 0. The topological polar surface area (TPSA) is 57.2 Å². The Morgan fingerprint density at radius 3 is 1.30 bits per heavy atom. The Morgan fingerprint density at radius 1 is 0.593 bits per heavy atom. The Morgan fingerprint density at radius 2 is 0.926 bits per heavy atom. The lowest BCUT2D eigenvalue weighted by molar-refractivity contribution is -0.890. The van der Waals surface area contributed by atoms with E-state index in [1.807, 2.05) is 0 Å². The fourth-order valence-corrected chi connectivity index (χ4v) is 4.22. The van der Waals surface area contributed by atoms with E-state index in [4.69, 9.17) is 0 Å². The Hall–Kier alpha value is -0.130. The quantitative estimate of drug-likeness (QED) is 0.145. The van der Waals surface area contributed by atoms with Gasteiger partial charge < -0.3 is 9.04 Å². The molecular weight excluding hydrogens is 358 g/mol. The standard InChI is InChI=1S/C22H47NO3S/c1-4-5-6-7-8-9-10-11-12-13-14-15-16-17-20-23(2,3)21-18-19-22-27(24,25)26/h4-22H2,1-3H3. The van der Waals surface area contributed by atoms with Gasteiger partial charge >= 0.3 is 0 Å². The number of quaternary nitrogens is 1. The molecule has 5 heteroatoms. The maximum Gasteiger partial charge on any atom is 0.0945 e. The molecule has 27 heavy (non-hydrogen) atoms. The van der Waals surface area contributed by atoms with Crippen LogP contribution in [0.15, 0.2) is 0 Å². The van der Waals surface area contributed by atoms with Crippen LogP contribution in [-0.4, -0.2) is 50.4 Å². The molecule has 0 fully saturated rings. The van der Waals surface area contributed by atoms with Crippen molar-refractivity contribution in [2.45, 2.75) is 110 Å². The largest absolute Gasteiger partial charge is 0.748 e. The van der Waals surface area contributed by atoms with Gasteiger partial charge in [0.25, 0.3) is 0 Å². The monoisotopic (exact) mass is 405 g/mol. The van der Waals surface area contributed by atoms with Crippen molar-refractivity contribution in [3.63, 3.8) is 0 Å². The van der Waals surface area contributed by atoms with Gasteiger partial charge in [-0.05, 0) is 25.7 Å². The van der Waals surface area contributed by atoms with Gasteiger partial charge in [-0.2, -0.15) is 0 Å². The minimum atomic E-state index is -4.04. The van der Waals surface area contributed by atoms with Crippen LogP contribution in [0.25, 0.3) is 0 Å². The van der Waals surface area contributed by atoms with E-state index < -0.39 is 10.1 Å². The van der Waals surface area contributed by atoms with E-state index in [-0.39, 0.29) is 5.75 Å². The molecule has 164 valence electrons. The molecule has 0 unspecified atom stereocenters. The summed E-state index contributed by atoms with van der Waals surface area (Å²) in [5.41, 5.74) is 0. The van der Waals surface area contributed by atoms with Crippen molar-refractivity contribution in [2.24, 2.45) is 0 Å². The lowest BCUT2D eigenvalue weighted by atomic mass is 10.0. The zero-order valence-electron chi connectivity index (χ0n) is 18.5. The molecule has 0 amide bonds. The summed E-state index contributed by atoms with van der Waals surface area (Å²) in [4.78, 5) is 0. The first-order chi connectivity index (χ1) is 12.8. The molecule has 0 bridgehead atoms. The maximum absolute atomic E-state index is 10.6. The van der Waals surface area contributed by atoms with Crippen LogP contribution < -0.4 is 0 Å². The second-order valence-electron chi connectivity index (χ2n) is 8.95. The third kappa shape index (κ3) is 22.0. The molecule has 0 aromatic carbocycles. The van der Waals surface area contributed by atoms with E-state index in [1.54, 1.807) is 0 Å². The lowest BCUT2D eigenvalue weighted by Gasteiger charge is -2.30. The Balaban J connectivity index is 3.35. The fraction of sp³-hybridized carbons (Fsp3) is 1.00. The summed E-state index contributed by atoms with van der Waals surface area (Å²) in [5.74, 6) is -0.216. The van der Waals surface area contributed by atoms with Crippen molar-refractivity contribution in [3.8, 4) is 0 Å². The van der Waals surface area contributed by atoms with E-state index in [2.05, 4.69) is 21.0 Å². The number of nitrogens with zero attached hydrogens (tertiary/aromatic N) is 1. The van der Waals surface area contributed by atoms with E-state index >= 15 is 0 Å². The van der Waals surface area contributed by atoms with Gasteiger partial charge in [0.05, 0.1) is 37.3 Å². The third-order valence-corrected chi connectivity index (χ3v) is 6.31. The van der Waals surface area contributed by atoms with Crippen LogP contribution in [-0.2, 0) is 10.1 Å². The summed E-state index contributed by atoms with van der Waals surface area (Å²) in [6, 6.07) is 0. The van der Waals surface area contributed by atoms with Crippen molar-refractivity contribution < 1.29 is 17.5 Å². The van der Waals surface area contributed by atoms with Crippen LogP contribution in [0.5, 0.6) is 0 Å². The van der Waals surface area contributed by atoms with Gasteiger partial charge in [0.15, 0.2) is 0 Å². The lowest BCUT2D eigenvalue weighted by Crippen LogP contribution is -2.41. The first-order valence-electron chi connectivity index (χ1n) is 11.5. The SMILES string of the molecule is CCCCCCCCCCCCCCCC[N+](C)(C)CCCCS(=O)(=O)[O-]. The molecule has 0 aromatic heterocycles. The van der Waals surface area contributed by atoms with Gasteiger partial charge in [-0.15, -0.1) is 0 Å². The second kappa shape index (κ2) is 16.8. The van der Waals surface area contributed by atoms with Gasteiger partial charge in [0.2, 0.25) is 0 Å². The highest BCUT2D eigenvalue weighted by Gasteiger charge is 2.13. The van der Waals surface area contributed by atoms with Crippen LogP contribution >= 0.6 is 0 Å². The molecular formula is C22H47NO3S. The first-order valence-corrected chi connectivity index (χ1v) is 13.1. The van der Waals surface area contributed by atoms with E-state index in [0.29, 0.717) is 6.42 Å². The van der Waals surface area contributed by atoms with Gasteiger partial charge in [0, 0.05) is 5.75 Å². The van der Waals surface area contributed by atoms with Crippen LogP contribution in [0.2, 0.25) is 0 Å². The van der Waals surface area contributed by atoms with E-state index in [1.165, 1.54) is 89.9 Å². The average Bonchev–Trinajstić information content (AvgIpc) is 2.58. The predicted octanol–water partition coefficient (Wildman–Crippen LogP) is 5.87. The molecule has 0 N–H and O–H groups in total. The molecule has 0 rings (SSSR count). The van der Waals surface area contributed by atoms with Crippen molar-refractivity contribution in [2.75, 3.05) is 32.9 Å². The molecule has 0 aliphatic carbocycles. The molecule has 0 aliphatic rings. The molecule has 0 atom stereocenters. The summed E-state index contributed by atoms with van der Waals surface area (Å²) >= 11 is 0. The first kappa shape index (κ1) is 26.9. The zero-order valence-corrected chi connectivity index (χ0v) is 19.3. The van der Waals surface area contributed by atoms with Gasteiger partial charge in [-0.25, -0.2) is 8.42 Å². The van der Waals surface area contributed by atoms with E-state index in [9.17, 15) is 13.0 Å². The Bertz CT molecular complexity index is 421. The van der Waals surface area contributed by atoms with Crippen molar-refractivity contribution in [1.82, 2.24) is 0 Å². The average molecular weight is 406 g/mol. The fourth-order valence-electron chi connectivity index (χ4n) is 3.66. The highest BCUT2D eigenvalue weighted by Crippen LogP contribution is 2.13. The smallest absolute Gasteiger partial charge is 0.0945 e. The molecule has 0 aliphatic heterocycles. The predicted molar refractivity (Wildman–Crippen MR) is 116 cm³/mol. The zero-order chi connectivity index (χ0) is 20.4. The Labute approximate surface area is 170 Å². The van der Waals surface area contributed by atoms with E-state index in [0.717, 1.165) is 24.0 Å². The highest BCUT2D eigenvalue weighted by molar-refractivity contribution is 7.85. The van der Waals surface area contributed by atoms with Crippen LogP contribution in [0.3, 0.4) is 0 Å². The minimum absolute atomic E-state index is 0.216. The number of hydrogen-bond acceptors (Lipinski definition) is 3. The molecule has 0 saturated heterocycles. The minimum Gasteiger partial charge on any atom is -0.748 e. The summed E-state index contributed by atoms with van der Waals surface area (Å²) in [6.45, 7) is 4.37. The molecule has 0 heterocycles. The molecule has 0 spiro atoms. The van der Waals surface area contributed by atoms with Crippen LogP contribution in [0, 0.1) is 0 Å². The van der Waals surface area contributed by atoms with Gasteiger partial charge in [-0.1, -0.05) is 84.0 Å². The van der Waals surface area contributed by atoms with Gasteiger partial charge in [0.1, 0.15) is 0 Å². The van der Waals surface area contributed by atoms with Gasteiger partial charge in [-0.3, -0.25) is 0 Å². The van der Waals surface area contributed by atoms with Crippen molar-refractivity contribution in [1.29, 1.82) is 0 Å². The molecule has 4 nitrogen and oxygen atoms in total. The van der Waals surface area contributed by atoms with Crippen molar-refractivity contribution >= 4 is 10.1 Å². The van der Waals surface area contributed by atoms with Crippen LogP contribution in [0.1, 0.15) is 110 Å².